The van der Waals surface area contributed by atoms with Gasteiger partial charge < -0.3 is 5.32 Å². The predicted octanol–water partition coefficient (Wildman–Crippen LogP) is 2.19. The maximum atomic E-state index is 12.0. The Morgan fingerprint density at radius 2 is 2.06 bits per heavy atom. The third-order valence-electron chi connectivity index (χ3n) is 2.74. The highest BCUT2D eigenvalue weighted by Gasteiger charge is 2.30. The molecule has 0 aromatic heterocycles. The normalized spacial score (nSPS) is 19.1. The fourth-order valence-corrected chi connectivity index (χ4v) is 4.46. The van der Waals surface area contributed by atoms with E-state index in [-0.39, 0.29) is 6.04 Å². The minimum atomic E-state index is -3.29. The Balaban J connectivity index is 2.70. The zero-order valence-electron chi connectivity index (χ0n) is 8.99. The van der Waals surface area contributed by atoms with Gasteiger partial charge in [-0.25, -0.2) is 8.42 Å². The van der Waals surface area contributed by atoms with Gasteiger partial charge >= 0.3 is 0 Å². The van der Waals surface area contributed by atoms with E-state index in [0.29, 0.717) is 9.37 Å². The van der Waals surface area contributed by atoms with Crippen LogP contribution in [0.25, 0.3) is 5.57 Å². The summed E-state index contributed by atoms with van der Waals surface area (Å²) in [6, 6.07) is 5.45. The molecule has 1 aromatic carbocycles. The van der Waals surface area contributed by atoms with Crippen molar-refractivity contribution in [3.8, 4) is 0 Å². The second-order valence-corrected chi connectivity index (χ2v) is 6.33. The summed E-state index contributed by atoms with van der Waals surface area (Å²) in [5.41, 5.74) is 1.61. The van der Waals surface area contributed by atoms with Gasteiger partial charge in [0.15, 0.2) is 0 Å². The number of nitrogens with one attached hydrogen (secondary N) is 1. The quantitative estimate of drug-likeness (QED) is 0.911. The Morgan fingerprint density at radius 1 is 1.38 bits per heavy atom. The van der Waals surface area contributed by atoms with Gasteiger partial charge in [0.2, 0.25) is 9.84 Å². The molecule has 1 heterocycles. The number of hydrogen-bond donors (Lipinski definition) is 1. The monoisotopic (exact) mass is 301 g/mol. The fourth-order valence-electron chi connectivity index (χ4n) is 1.81. The highest BCUT2D eigenvalue weighted by Crippen LogP contribution is 2.39. The number of benzene rings is 1. The molecule has 0 amide bonds. The summed E-state index contributed by atoms with van der Waals surface area (Å²) in [6.07, 6.45) is 0. The van der Waals surface area contributed by atoms with E-state index >= 15 is 0 Å². The highest BCUT2D eigenvalue weighted by atomic mass is 79.9. The van der Waals surface area contributed by atoms with Crippen LogP contribution in [0.5, 0.6) is 0 Å². The van der Waals surface area contributed by atoms with Crippen molar-refractivity contribution in [3.05, 3.63) is 33.6 Å². The molecule has 2 rings (SSSR count). The predicted molar refractivity (Wildman–Crippen MR) is 67.8 cm³/mol. The van der Waals surface area contributed by atoms with Gasteiger partial charge in [0, 0.05) is 21.5 Å². The van der Waals surface area contributed by atoms with Crippen molar-refractivity contribution >= 4 is 31.3 Å². The van der Waals surface area contributed by atoms with Crippen molar-refractivity contribution < 1.29 is 8.42 Å². The Bertz CT molecular complexity index is 563. The smallest absolute Gasteiger partial charge is 0.201 e. The van der Waals surface area contributed by atoms with E-state index in [1.165, 1.54) is 5.41 Å². The average Bonchev–Trinajstić information content (AvgIpc) is 2.51. The molecule has 0 saturated carbocycles. The third kappa shape index (κ3) is 1.73. The number of fused-ring (bicyclic) bond motifs is 1. The van der Waals surface area contributed by atoms with E-state index in [4.69, 9.17) is 0 Å². The molecule has 0 radical (unpaired) electrons. The molecule has 16 heavy (non-hydrogen) atoms. The number of hydrogen-bond acceptors (Lipinski definition) is 3. The summed E-state index contributed by atoms with van der Waals surface area (Å²) in [4.78, 5) is 0.382. The molecular formula is C11H12BrNO2S. The minimum absolute atomic E-state index is 0.0188. The Labute approximate surface area is 104 Å². The van der Waals surface area contributed by atoms with Gasteiger partial charge in [-0.2, -0.15) is 0 Å². The van der Waals surface area contributed by atoms with E-state index in [9.17, 15) is 8.42 Å². The van der Waals surface area contributed by atoms with Crippen LogP contribution in [0.15, 0.2) is 33.0 Å². The van der Waals surface area contributed by atoms with Crippen molar-refractivity contribution in [1.82, 2.24) is 5.32 Å². The summed E-state index contributed by atoms with van der Waals surface area (Å²) in [5, 5.41) is 4.41. The molecule has 0 saturated heterocycles. The van der Waals surface area contributed by atoms with Crippen LogP contribution < -0.4 is 5.32 Å². The summed E-state index contributed by atoms with van der Waals surface area (Å²) < 4.78 is 24.6. The second-order valence-electron chi connectivity index (χ2n) is 3.75. The molecule has 1 aliphatic rings. The molecule has 86 valence electrons. The topological polar surface area (TPSA) is 46.2 Å². The molecule has 1 aliphatic heterocycles. The van der Waals surface area contributed by atoms with E-state index in [0.717, 1.165) is 11.1 Å². The first-order chi connectivity index (χ1) is 7.47. The first-order valence-corrected chi connectivity index (χ1v) is 7.24. The van der Waals surface area contributed by atoms with Crippen LogP contribution in [0.3, 0.4) is 0 Å². The van der Waals surface area contributed by atoms with Gasteiger partial charge in [0.25, 0.3) is 0 Å². The highest BCUT2D eigenvalue weighted by molar-refractivity contribution is 9.10. The Morgan fingerprint density at radius 3 is 2.69 bits per heavy atom. The van der Waals surface area contributed by atoms with Gasteiger partial charge in [0.1, 0.15) is 0 Å². The lowest BCUT2D eigenvalue weighted by Crippen LogP contribution is -2.22. The molecule has 5 heteroatoms. The maximum absolute atomic E-state index is 12.0. The first kappa shape index (κ1) is 11.8. The molecule has 1 atom stereocenters. The number of likely N-dealkylation sites (N-methyl/N-ethyl adjacent to an activating group) is 1. The van der Waals surface area contributed by atoms with Crippen LogP contribution in [0.4, 0.5) is 0 Å². The summed E-state index contributed by atoms with van der Waals surface area (Å²) in [6.45, 7) is 1.94. The third-order valence-corrected chi connectivity index (χ3v) is 5.24. The van der Waals surface area contributed by atoms with E-state index in [2.05, 4.69) is 21.2 Å². The van der Waals surface area contributed by atoms with E-state index < -0.39 is 9.84 Å². The summed E-state index contributed by atoms with van der Waals surface area (Å²) >= 11 is 3.29. The molecule has 1 N–H and O–H groups in total. The average molecular weight is 302 g/mol. The number of rotatable bonds is 2. The van der Waals surface area contributed by atoms with Crippen molar-refractivity contribution in [2.24, 2.45) is 0 Å². The lowest BCUT2D eigenvalue weighted by Gasteiger charge is -2.12. The van der Waals surface area contributed by atoms with E-state index in [1.54, 1.807) is 6.07 Å². The molecule has 1 unspecified atom stereocenters. The van der Waals surface area contributed by atoms with Crippen molar-refractivity contribution in [2.75, 3.05) is 7.05 Å². The van der Waals surface area contributed by atoms with Crippen LogP contribution in [-0.2, 0) is 9.84 Å². The zero-order chi connectivity index (χ0) is 11.9. The molecule has 0 aliphatic carbocycles. The first-order valence-electron chi connectivity index (χ1n) is 4.90. The van der Waals surface area contributed by atoms with E-state index in [1.807, 2.05) is 26.1 Å². The van der Waals surface area contributed by atoms with Gasteiger partial charge in [-0.05, 0) is 41.5 Å². The van der Waals surface area contributed by atoms with Gasteiger partial charge in [-0.15, -0.1) is 0 Å². The largest absolute Gasteiger partial charge is 0.313 e. The fraction of sp³-hybridized carbons (Fsp3) is 0.273. The molecule has 3 nitrogen and oxygen atoms in total. The Hall–Kier alpha value is -0.650. The number of sulfone groups is 1. The SMILES string of the molecule is CNC(C)C1=CS(=O)(=O)c2c(Br)cccc21. The zero-order valence-corrected chi connectivity index (χ0v) is 11.4. The summed E-state index contributed by atoms with van der Waals surface area (Å²) in [7, 11) is -1.48. The molecule has 1 aromatic rings. The Kier molecular flexibility index (Phi) is 2.94. The molecule has 0 fully saturated rings. The van der Waals surface area contributed by atoms with Crippen molar-refractivity contribution in [1.29, 1.82) is 0 Å². The second kappa shape index (κ2) is 3.98. The van der Waals surface area contributed by atoms with Crippen LogP contribution >= 0.6 is 15.9 Å². The summed E-state index contributed by atoms with van der Waals surface area (Å²) in [5.74, 6) is 0. The standard InChI is InChI=1S/C11H12BrNO2S/c1-7(13-2)9-6-16(14,15)11-8(9)4-3-5-10(11)12/h3-7,13H,1-2H3. The number of halogens is 1. The maximum Gasteiger partial charge on any atom is 0.201 e. The van der Waals surface area contributed by atoms with Crippen LogP contribution in [-0.4, -0.2) is 21.5 Å². The van der Waals surface area contributed by atoms with Crippen LogP contribution in [0.2, 0.25) is 0 Å². The lowest BCUT2D eigenvalue weighted by atomic mass is 10.0. The minimum Gasteiger partial charge on any atom is -0.313 e. The van der Waals surface area contributed by atoms with Gasteiger partial charge in [-0.1, -0.05) is 12.1 Å². The van der Waals surface area contributed by atoms with Gasteiger partial charge in [-0.3, -0.25) is 0 Å². The molecular weight excluding hydrogens is 290 g/mol. The lowest BCUT2D eigenvalue weighted by molar-refractivity contribution is 0.605. The van der Waals surface area contributed by atoms with Gasteiger partial charge in [0.05, 0.1) is 4.90 Å². The van der Waals surface area contributed by atoms with Crippen molar-refractivity contribution in [3.63, 3.8) is 0 Å². The van der Waals surface area contributed by atoms with Crippen molar-refractivity contribution in [2.45, 2.75) is 17.9 Å². The van der Waals surface area contributed by atoms with Crippen LogP contribution in [0.1, 0.15) is 12.5 Å². The molecule has 0 spiro atoms. The van der Waals surface area contributed by atoms with Crippen LogP contribution in [0, 0.1) is 0 Å². The molecule has 0 bridgehead atoms.